The third-order valence-electron chi connectivity index (χ3n) is 5.05. The molecule has 1 amide bonds. The molecule has 0 bridgehead atoms. The molecule has 1 aliphatic rings. The lowest BCUT2D eigenvalue weighted by Crippen LogP contribution is -2.49. The largest absolute Gasteiger partial charge is 0.332 e. The van der Waals surface area contributed by atoms with Gasteiger partial charge in [0.05, 0.1) is 6.04 Å². The molecule has 2 aromatic rings. The summed E-state index contributed by atoms with van der Waals surface area (Å²) >= 11 is 12.2. The lowest BCUT2D eigenvalue weighted by Gasteiger charge is -2.46. The molecule has 26 heavy (non-hydrogen) atoms. The molecule has 2 aromatic carbocycles. The molecule has 5 heteroatoms. The Hall–Kier alpha value is -1.58. The quantitative estimate of drug-likeness (QED) is 0.604. The van der Waals surface area contributed by atoms with Crippen LogP contribution in [0.5, 0.6) is 0 Å². The van der Waals surface area contributed by atoms with Crippen LogP contribution in [0.3, 0.4) is 0 Å². The Kier molecular flexibility index (Phi) is 5.59. The number of hydrogen-bond donors (Lipinski definition) is 0. The summed E-state index contributed by atoms with van der Waals surface area (Å²) in [6.45, 7) is 5.95. The minimum absolute atomic E-state index is 0.0254. The summed E-state index contributed by atoms with van der Waals surface area (Å²) in [6, 6.07) is 12.0. The Morgan fingerprint density at radius 3 is 2.27 bits per heavy atom. The highest BCUT2D eigenvalue weighted by molar-refractivity contribution is 6.30. The van der Waals surface area contributed by atoms with Crippen molar-refractivity contribution in [2.24, 2.45) is 5.92 Å². The van der Waals surface area contributed by atoms with Crippen LogP contribution in [0.2, 0.25) is 10.0 Å². The maximum absolute atomic E-state index is 14.0. The number of benzene rings is 2. The molecule has 1 unspecified atom stereocenters. The second-order valence-corrected chi connectivity index (χ2v) is 8.15. The Labute approximate surface area is 163 Å². The predicted octanol–water partition coefficient (Wildman–Crippen LogP) is 6.23. The van der Waals surface area contributed by atoms with Gasteiger partial charge >= 0.3 is 0 Å². The van der Waals surface area contributed by atoms with E-state index in [4.69, 9.17) is 23.2 Å². The summed E-state index contributed by atoms with van der Waals surface area (Å²) in [6.07, 6.45) is 0.648. The fraction of sp³-hybridized carbons (Fsp3) is 0.381. The van der Waals surface area contributed by atoms with Crippen LogP contribution in [0, 0.1) is 11.7 Å². The predicted molar refractivity (Wildman–Crippen MR) is 104 cm³/mol. The van der Waals surface area contributed by atoms with E-state index < -0.39 is 0 Å². The van der Waals surface area contributed by atoms with Gasteiger partial charge in [-0.25, -0.2) is 4.39 Å². The Balaban J connectivity index is 2.14. The fourth-order valence-electron chi connectivity index (χ4n) is 3.93. The minimum atomic E-state index is -0.358. The van der Waals surface area contributed by atoms with Crippen molar-refractivity contribution in [3.63, 3.8) is 0 Å². The molecular weight excluding hydrogens is 372 g/mol. The van der Waals surface area contributed by atoms with E-state index in [1.807, 2.05) is 49.9 Å². The van der Waals surface area contributed by atoms with Crippen molar-refractivity contribution in [1.82, 2.24) is 4.90 Å². The van der Waals surface area contributed by atoms with Crippen LogP contribution in [0.25, 0.3) is 0 Å². The molecule has 0 N–H and O–H groups in total. The van der Waals surface area contributed by atoms with E-state index in [1.54, 1.807) is 6.07 Å². The van der Waals surface area contributed by atoms with Crippen molar-refractivity contribution >= 4 is 29.1 Å². The van der Waals surface area contributed by atoms with E-state index in [0.717, 1.165) is 11.1 Å². The van der Waals surface area contributed by atoms with Gasteiger partial charge in [0, 0.05) is 27.9 Å². The van der Waals surface area contributed by atoms with Crippen molar-refractivity contribution in [3.8, 4) is 0 Å². The zero-order valence-corrected chi connectivity index (χ0v) is 16.6. The summed E-state index contributed by atoms with van der Waals surface area (Å²) in [5.74, 6) is -0.408. The Morgan fingerprint density at radius 2 is 1.69 bits per heavy atom. The number of amides is 1. The number of rotatable bonds is 3. The maximum atomic E-state index is 14.0. The van der Waals surface area contributed by atoms with Crippen LogP contribution < -0.4 is 0 Å². The summed E-state index contributed by atoms with van der Waals surface area (Å²) in [5.41, 5.74) is 1.81. The first-order valence-electron chi connectivity index (χ1n) is 8.81. The van der Waals surface area contributed by atoms with Crippen molar-refractivity contribution in [1.29, 1.82) is 0 Å². The maximum Gasteiger partial charge on any atom is 0.226 e. The third-order valence-corrected chi connectivity index (χ3v) is 5.52. The molecule has 0 aromatic heterocycles. The SMILES string of the molecule is CC(C)N1C(=O)[C@@H](C)CC(c2cc(F)cc(Cl)c2)[C@H]1c1ccc(Cl)cc1. The molecule has 138 valence electrons. The highest BCUT2D eigenvalue weighted by Gasteiger charge is 2.42. The van der Waals surface area contributed by atoms with Gasteiger partial charge in [-0.05, 0) is 61.7 Å². The lowest BCUT2D eigenvalue weighted by molar-refractivity contribution is -0.145. The number of halogens is 3. The molecule has 0 saturated carbocycles. The topological polar surface area (TPSA) is 20.3 Å². The highest BCUT2D eigenvalue weighted by Crippen LogP contribution is 2.46. The second kappa shape index (κ2) is 7.58. The van der Waals surface area contributed by atoms with E-state index in [0.29, 0.717) is 16.5 Å². The van der Waals surface area contributed by atoms with E-state index in [1.165, 1.54) is 12.1 Å². The molecule has 1 fully saturated rings. The summed E-state index contributed by atoms with van der Waals surface area (Å²) < 4.78 is 14.0. The van der Waals surface area contributed by atoms with Crippen molar-refractivity contribution in [2.75, 3.05) is 0 Å². The van der Waals surface area contributed by atoms with Crippen LogP contribution in [-0.4, -0.2) is 16.8 Å². The van der Waals surface area contributed by atoms with Crippen molar-refractivity contribution < 1.29 is 9.18 Å². The van der Waals surface area contributed by atoms with E-state index in [2.05, 4.69) is 0 Å². The fourth-order valence-corrected chi connectivity index (χ4v) is 4.29. The van der Waals surface area contributed by atoms with Gasteiger partial charge in [-0.2, -0.15) is 0 Å². The van der Waals surface area contributed by atoms with Gasteiger partial charge in [0.15, 0.2) is 0 Å². The van der Waals surface area contributed by atoms with E-state index in [9.17, 15) is 9.18 Å². The summed E-state index contributed by atoms with van der Waals surface area (Å²) in [7, 11) is 0. The number of nitrogens with zero attached hydrogens (tertiary/aromatic N) is 1. The van der Waals surface area contributed by atoms with Gasteiger partial charge in [0.25, 0.3) is 0 Å². The van der Waals surface area contributed by atoms with Gasteiger partial charge in [0.2, 0.25) is 5.91 Å². The zero-order chi connectivity index (χ0) is 19.0. The van der Waals surface area contributed by atoms with Gasteiger partial charge in [0.1, 0.15) is 5.82 Å². The standard InChI is InChI=1S/C21H22Cl2FNO/c1-12(2)25-20(14-4-6-16(22)7-5-14)19(8-13(3)21(25)26)15-9-17(23)11-18(24)10-15/h4-7,9-13,19-20H,8H2,1-3H3/t13-,19?,20+/m0/s1. The second-order valence-electron chi connectivity index (χ2n) is 7.28. The molecule has 1 saturated heterocycles. The molecule has 1 heterocycles. The van der Waals surface area contributed by atoms with Crippen LogP contribution in [0.15, 0.2) is 42.5 Å². The third kappa shape index (κ3) is 3.74. The number of carbonyl (C=O) groups is 1. The van der Waals surface area contributed by atoms with E-state index in [-0.39, 0.29) is 35.6 Å². The first-order valence-corrected chi connectivity index (χ1v) is 9.57. The highest BCUT2D eigenvalue weighted by atomic mass is 35.5. The molecular formula is C21H22Cl2FNO. The van der Waals surface area contributed by atoms with E-state index >= 15 is 0 Å². The molecule has 3 rings (SSSR count). The molecule has 0 aliphatic carbocycles. The molecule has 2 nitrogen and oxygen atoms in total. The molecule has 3 atom stereocenters. The smallest absolute Gasteiger partial charge is 0.226 e. The zero-order valence-electron chi connectivity index (χ0n) is 15.0. The first kappa shape index (κ1) is 19.2. The monoisotopic (exact) mass is 393 g/mol. The van der Waals surface area contributed by atoms with Gasteiger partial charge in [-0.1, -0.05) is 42.3 Å². The number of piperidine rings is 1. The Bertz CT molecular complexity index is 786. The average Bonchev–Trinajstić information content (AvgIpc) is 2.56. The number of likely N-dealkylation sites (tertiary alicyclic amines) is 1. The molecule has 0 spiro atoms. The van der Waals surface area contributed by atoms with Crippen LogP contribution >= 0.6 is 23.2 Å². The normalized spacial score (nSPS) is 23.6. The first-order chi connectivity index (χ1) is 12.3. The van der Waals surface area contributed by atoms with Crippen LogP contribution in [0.1, 0.15) is 50.3 Å². The van der Waals surface area contributed by atoms with Gasteiger partial charge in [-0.3, -0.25) is 4.79 Å². The molecule has 1 aliphatic heterocycles. The number of hydrogen-bond acceptors (Lipinski definition) is 1. The van der Waals surface area contributed by atoms with Crippen molar-refractivity contribution in [2.45, 2.75) is 45.2 Å². The van der Waals surface area contributed by atoms with Crippen LogP contribution in [0.4, 0.5) is 4.39 Å². The minimum Gasteiger partial charge on any atom is -0.332 e. The van der Waals surface area contributed by atoms with Gasteiger partial charge < -0.3 is 4.90 Å². The molecule has 0 radical (unpaired) electrons. The van der Waals surface area contributed by atoms with Crippen molar-refractivity contribution in [3.05, 3.63) is 69.5 Å². The lowest BCUT2D eigenvalue weighted by atomic mass is 9.76. The Morgan fingerprint density at radius 1 is 1.04 bits per heavy atom. The number of carbonyl (C=O) groups excluding carboxylic acids is 1. The summed E-state index contributed by atoms with van der Waals surface area (Å²) in [4.78, 5) is 14.8. The average molecular weight is 394 g/mol. The van der Waals surface area contributed by atoms with Crippen LogP contribution in [-0.2, 0) is 4.79 Å². The summed E-state index contributed by atoms with van der Waals surface area (Å²) in [5, 5.41) is 1.02. The van der Waals surface area contributed by atoms with Gasteiger partial charge in [-0.15, -0.1) is 0 Å².